The van der Waals surface area contributed by atoms with E-state index in [4.69, 9.17) is 9.47 Å². The average molecular weight is 319 g/mol. The number of ether oxygens (including phenoxy) is 2. The summed E-state index contributed by atoms with van der Waals surface area (Å²) >= 11 is 0. The first-order chi connectivity index (χ1) is 11.2. The molecular formula is C18H22FNO3. The second-order valence-corrected chi connectivity index (χ2v) is 5.09. The van der Waals surface area contributed by atoms with Crippen molar-refractivity contribution in [2.45, 2.75) is 19.6 Å². The van der Waals surface area contributed by atoms with Gasteiger partial charge in [-0.15, -0.1) is 0 Å². The maximum absolute atomic E-state index is 13.6. The molecule has 0 radical (unpaired) electrons. The van der Waals surface area contributed by atoms with Crippen LogP contribution in [0.4, 0.5) is 4.39 Å². The molecule has 0 fully saturated rings. The fourth-order valence-corrected chi connectivity index (χ4v) is 2.31. The molecule has 0 aromatic heterocycles. The van der Waals surface area contributed by atoms with Gasteiger partial charge in [-0.25, -0.2) is 4.39 Å². The zero-order chi connectivity index (χ0) is 16.7. The lowest BCUT2D eigenvalue weighted by Gasteiger charge is -2.14. The van der Waals surface area contributed by atoms with E-state index in [0.29, 0.717) is 30.2 Å². The van der Waals surface area contributed by atoms with Gasteiger partial charge < -0.3 is 19.9 Å². The van der Waals surface area contributed by atoms with Crippen LogP contribution in [-0.2, 0) is 6.54 Å². The minimum absolute atomic E-state index is 0.261. The number of aliphatic hydroxyl groups is 1. The van der Waals surface area contributed by atoms with Crippen LogP contribution >= 0.6 is 0 Å². The summed E-state index contributed by atoms with van der Waals surface area (Å²) in [4.78, 5) is 0. The molecule has 1 atom stereocenters. The Labute approximate surface area is 135 Å². The quantitative estimate of drug-likeness (QED) is 0.785. The van der Waals surface area contributed by atoms with Gasteiger partial charge in [0.2, 0.25) is 0 Å². The van der Waals surface area contributed by atoms with Crippen molar-refractivity contribution in [3.63, 3.8) is 0 Å². The van der Waals surface area contributed by atoms with Gasteiger partial charge >= 0.3 is 0 Å². The normalized spacial score (nSPS) is 12.0. The summed E-state index contributed by atoms with van der Waals surface area (Å²) in [6.45, 7) is 3.26. The molecule has 2 N–H and O–H groups in total. The third kappa shape index (κ3) is 4.68. The van der Waals surface area contributed by atoms with Crippen LogP contribution in [0.1, 0.15) is 24.2 Å². The molecule has 0 aliphatic carbocycles. The Balaban J connectivity index is 1.93. The largest absolute Gasteiger partial charge is 0.493 e. The summed E-state index contributed by atoms with van der Waals surface area (Å²) < 4.78 is 24.4. The smallest absolute Gasteiger partial charge is 0.161 e. The van der Waals surface area contributed by atoms with Crippen molar-refractivity contribution in [1.82, 2.24) is 5.32 Å². The summed E-state index contributed by atoms with van der Waals surface area (Å²) in [7, 11) is 1.60. The van der Waals surface area contributed by atoms with Crippen molar-refractivity contribution in [2.24, 2.45) is 0 Å². The molecule has 4 nitrogen and oxygen atoms in total. The van der Waals surface area contributed by atoms with Gasteiger partial charge in [-0.3, -0.25) is 0 Å². The van der Waals surface area contributed by atoms with E-state index in [1.165, 1.54) is 6.07 Å². The molecular weight excluding hydrogens is 297 g/mol. The second-order valence-electron chi connectivity index (χ2n) is 5.09. The fourth-order valence-electron chi connectivity index (χ4n) is 2.31. The molecule has 0 saturated heterocycles. The van der Waals surface area contributed by atoms with Gasteiger partial charge in [0.1, 0.15) is 5.82 Å². The Morgan fingerprint density at radius 3 is 2.65 bits per heavy atom. The first-order valence-electron chi connectivity index (χ1n) is 7.58. The molecule has 0 spiro atoms. The van der Waals surface area contributed by atoms with E-state index in [1.807, 2.05) is 25.1 Å². The van der Waals surface area contributed by atoms with Gasteiger partial charge in [0.15, 0.2) is 11.5 Å². The Kier molecular flexibility index (Phi) is 6.38. The van der Waals surface area contributed by atoms with Crippen LogP contribution < -0.4 is 14.8 Å². The Bertz CT molecular complexity index is 633. The first-order valence-corrected chi connectivity index (χ1v) is 7.58. The minimum Gasteiger partial charge on any atom is -0.493 e. The van der Waals surface area contributed by atoms with Crippen LogP contribution in [0.15, 0.2) is 42.5 Å². The van der Waals surface area contributed by atoms with E-state index in [1.54, 1.807) is 25.3 Å². The van der Waals surface area contributed by atoms with E-state index in [0.717, 1.165) is 5.56 Å². The van der Waals surface area contributed by atoms with Crippen LogP contribution in [0.3, 0.4) is 0 Å². The predicted molar refractivity (Wildman–Crippen MR) is 87.2 cm³/mol. The monoisotopic (exact) mass is 319 g/mol. The van der Waals surface area contributed by atoms with E-state index < -0.39 is 11.9 Å². The minimum atomic E-state index is -0.888. The highest BCUT2D eigenvalue weighted by atomic mass is 19.1. The lowest BCUT2D eigenvalue weighted by atomic mass is 10.1. The Hall–Kier alpha value is -2.11. The molecule has 124 valence electrons. The van der Waals surface area contributed by atoms with Crippen LogP contribution in [0.2, 0.25) is 0 Å². The number of hydrogen-bond acceptors (Lipinski definition) is 4. The SMILES string of the molecule is CCOc1cc(CNCC(O)c2ccccc2F)ccc1OC. The van der Waals surface area contributed by atoms with Crippen molar-refractivity contribution in [3.8, 4) is 11.5 Å². The second kappa shape index (κ2) is 8.50. The average Bonchev–Trinajstić information content (AvgIpc) is 2.56. The van der Waals surface area contributed by atoms with Crippen molar-refractivity contribution in [3.05, 3.63) is 59.4 Å². The molecule has 23 heavy (non-hydrogen) atoms. The van der Waals surface area contributed by atoms with Gasteiger partial charge in [0.05, 0.1) is 19.8 Å². The molecule has 2 aromatic carbocycles. The number of aliphatic hydroxyl groups excluding tert-OH is 1. The first kappa shape index (κ1) is 17.2. The lowest BCUT2D eigenvalue weighted by molar-refractivity contribution is 0.169. The predicted octanol–water partition coefficient (Wildman–Crippen LogP) is 3.06. The molecule has 0 aliphatic rings. The van der Waals surface area contributed by atoms with Gasteiger partial charge in [0.25, 0.3) is 0 Å². The summed E-state index contributed by atoms with van der Waals surface area (Å²) in [5.41, 5.74) is 1.29. The van der Waals surface area contributed by atoms with E-state index in [2.05, 4.69) is 5.32 Å². The fraction of sp³-hybridized carbons (Fsp3) is 0.333. The standard InChI is InChI=1S/C18H22FNO3/c1-3-23-18-10-13(8-9-17(18)22-2)11-20-12-16(21)14-6-4-5-7-15(14)19/h4-10,16,20-21H,3,11-12H2,1-2H3. The maximum atomic E-state index is 13.6. The summed E-state index contributed by atoms with van der Waals surface area (Å²) in [5.74, 6) is 0.968. The third-order valence-electron chi connectivity index (χ3n) is 3.46. The number of nitrogens with one attached hydrogen (secondary N) is 1. The molecule has 0 amide bonds. The number of hydrogen-bond donors (Lipinski definition) is 2. The van der Waals surface area contributed by atoms with Crippen LogP contribution in [0.25, 0.3) is 0 Å². The lowest BCUT2D eigenvalue weighted by Crippen LogP contribution is -2.21. The number of methoxy groups -OCH3 is 1. The Morgan fingerprint density at radius 1 is 1.17 bits per heavy atom. The van der Waals surface area contributed by atoms with E-state index in [-0.39, 0.29) is 6.54 Å². The van der Waals surface area contributed by atoms with Crippen LogP contribution in [0, 0.1) is 5.82 Å². The number of benzene rings is 2. The maximum Gasteiger partial charge on any atom is 0.161 e. The van der Waals surface area contributed by atoms with Crippen molar-refractivity contribution < 1.29 is 19.0 Å². The summed E-state index contributed by atoms with van der Waals surface area (Å²) in [5, 5.41) is 13.2. The molecule has 5 heteroatoms. The molecule has 2 rings (SSSR count). The highest BCUT2D eigenvalue weighted by molar-refractivity contribution is 5.42. The molecule has 0 saturated carbocycles. The molecule has 1 unspecified atom stereocenters. The van der Waals surface area contributed by atoms with Gasteiger partial charge in [-0.1, -0.05) is 24.3 Å². The van der Waals surface area contributed by atoms with Crippen molar-refractivity contribution in [2.75, 3.05) is 20.3 Å². The highest BCUT2D eigenvalue weighted by Crippen LogP contribution is 2.28. The van der Waals surface area contributed by atoms with E-state index >= 15 is 0 Å². The highest BCUT2D eigenvalue weighted by Gasteiger charge is 2.12. The molecule has 0 aliphatic heterocycles. The van der Waals surface area contributed by atoms with Crippen molar-refractivity contribution in [1.29, 1.82) is 0 Å². The topological polar surface area (TPSA) is 50.7 Å². The molecule has 2 aromatic rings. The van der Waals surface area contributed by atoms with Crippen LogP contribution in [0.5, 0.6) is 11.5 Å². The summed E-state index contributed by atoms with van der Waals surface area (Å²) in [6.07, 6.45) is -0.888. The molecule has 0 heterocycles. The zero-order valence-electron chi connectivity index (χ0n) is 13.4. The number of halogens is 1. The van der Waals surface area contributed by atoms with Crippen LogP contribution in [-0.4, -0.2) is 25.4 Å². The van der Waals surface area contributed by atoms with Crippen molar-refractivity contribution >= 4 is 0 Å². The third-order valence-corrected chi connectivity index (χ3v) is 3.46. The summed E-state index contributed by atoms with van der Waals surface area (Å²) in [6, 6.07) is 11.9. The number of rotatable bonds is 8. The van der Waals surface area contributed by atoms with Gasteiger partial charge in [-0.2, -0.15) is 0 Å². The van der Waals surface area contributed by atoms with Gasteiger partial charge in [-0.05, 0) is 30.7 Å². The zero-order valence-corrected chi connectivity index (χ0v) is 13.4. The van der Waals surface area contributed by atoms with E-state index in [9.17, 15) is 9.50 Å². The Morgan fingerprint density at radius 2 is 1.96 bits per heavy atom. The molecule has 0 bridgehead atoms. The van der Waals surface area contributed by atoms with Gasteiger partial charge in [0, 0.05) is 18.7 Å².